The zero-order valence-corrected chi connectivity index (χ0v) is 14.8. The zero-order valence-electron chi connectivity index (χ0n) is 14.8. The largest absolute Gasteiger partial charge is 0.504 e. The molecule has 2 aliphatic rings. The molecule has 2 fully saturated rings. The van der Waals surface area contributed by atoms with Crippen LogP contribution in [0.15, 0.2) is 12.1 Å². The Morgan fingerprint density at radius 1 is 1.19 bits per heavy atom. The number of nitrogens with zero attached hydrogens (tertiary/aromatic N) is 2. The molecule has 2 aliphatic heterocycles. The van der Waals surface area contributed by atoms with Crippen molar-refractivity contribution in [3.63, 3.8) is 0 Å². The van der Waals surface area contributed by atoms with E-state index in [-0.39, 0.29) is 17.9 Å². The topological polar surface area (TPSA) is 113 Å². The second-order valence-corrected chi connectivity index (χ2v) is 7.41. The van der Waals surface area contributed by atoms with Gasteiger partial charge in [-0.2, -0.15) is 0 Å². The number of ketones is 1. The average Bonchev–Trinajstić information content (AvgIpc) is 2.65. The summed E-state index contributed by atoms with van der Waals surface area (Å²) >= 11 is 0. The number of Topliss-reactive ketones (excluding diaryl/α,β-unsaturated/α-hetero) is 1. The lowest BCUT2D eigenvalue weighted by Gasteiger charge is -2.48. The van der Waals surface area contributed by atoms with Crippen LogP contribution in [-0.2, 0) is 0 Å². The smallest absolute Gasteiger partial charge is 0.315 e. The molecule has 0 aliphatic carbocycles. The van der Waals surface area contributed by atoms with Crippen LogP contribution < -0.4 is 5.32 Å². The van der Waals surface area contributed by atoms with Crippen LogP contribution in [0.3, 0.4) is 0 Å². The van der Waals surface area contributed by atoms with Gasteiger partial charge in [0.1, 0.15) is 6.54 Å². The molecule has 8 nitrogen and oxygen atoms in total. The van der Waals surface area contributed by atoms with Crippen LogP contribution in [-0.4, -0.2) is 64.2 Å². The number of phenolic OH excluding ortho intramolecular Hbond substituents is 2. The van der Waals surface area contributed by atoms with E-state index in [1.807, 2.05) is 0 Å². The number of nitrogens with one attached hydrogen (secondary N) is 1. The van der Waals surface area contributed by atoms with E-state index < -0.39 is 22.1 Å². The highest BCUT2D eigenvalue weighted by molar-refractivity contribution is 5.98. The number of hydrogen-bond acceptors (Lipinski definition) is 6. The lowest BCUT2D eigenvalue weighted by Crippen LogP contribution is -2.62. The van der Waals surface area contributed by atoms with E-state index >= 15 is 0 Å². The van der Waals surface area contributed by atoms with E-state index in [0.29, 0.717) is 6.04 Å². The van der Waals surface area contributed by atoms with Gasteiger partial charge in [-0.05, 0) is 25.3 Å². The van der Waals surface area contributed by atoms with E-state index in [2.05, 4.69) is 5.32 Å². The van der Waals surface area contributed by atoms with Gasteiger partial charge >= 0.3 is 5.69 Å². The third-order valence-electron chi connectivity index (χ3n) is 5.84. The summed E-state index contributed by atoms with van der Waals surface area (Å²) in [6.45, 7) is 4.08. The Labute approximate surface area is 152 Å². The molecule has 142 valence electrons. The van der Waals surface area contributed by atoms with Crippen LogP contribution >= 0.6 is 0 Å². The minimum Gasteiger partial charge on any atom is -0.504 e. The number of aromatic hydroxyl groups is 2. The number of hydrogen-bond donors (Lipinski definition) is 3. The first-order valence-electron chi connectivity index (χ1n) is 9.23. The van der Waals surface area contributed by atoms with Gasteiger partial charge in [0.2, 0.25) is 11.5 Å². The van der Waals surface area contributed by atoms with Crippen molar-refractivity contribution in [3.8, 4) is 11.5 Å². The van der Waals surface area contributed by atoms with Gasteiger partial charge in [-0.3, -0.25) is 14.9 Å². The van der Waals surface area contributed by atoms with Crippen LogP contribution in [0.1, 0.15) is 42.5 Å². The summed E-state index contributed by atoms with van der Waals surface area (Å²) in [6, 6.07) is 2.62. The van der Waals surface area contributed by atoms with E-state index in [1.165, 1.54) is 6.42 Å². The number of benzene rings is 1. The van der Waals surface area contributed by atoms with Crippen molar-refractivity contribution in [2.24, 2.45) is 0 Å². The summed E-state index contributed by atoms with van der Waals surface area (Å²) in [5.41, 5.74) is -0.551. The second-order valence-electron chi connectivity index (χ2n) is 7.41. The number of carbonyl (C=O) groups excluding carboxylic acids is 1. The first-order chi connectivity index (χ1) is 12.4. The van der Waals surface area contributed by atoms with E-state index in [1.54, 1.807) is 0 Å². The zero-order chi connectivity index (χ0) is 18.7. The van der Waals surface area contributed by atoms with Crippen molar-refractivity contribution in [1.82, 2.24) is 5.32 Å². The molecule has 0 spiro atoms. The molecular formula is C18H26N3O5+. The van der Waals surface area contributed by atoms with Gasteiger partial charge in [0.05, 0.1) is 24.1 Å². The van der Waals surface area contributed by atoms with Gasteiger partial charge in [0.15, 0.2) is 5.75 Å². The van der Waals surface area contributed by atoms with Crippen molar-refractivity contribution < 1.29 is 24.4 Å². The summed E-state index contributed by atoms with van der Waals surface area (Å²) < 4.78 is 0.732. The minimum absolute atomic E-state index is 0.0870. The molecule has 1 aromatic rings. The van der Waals surface area contributed by atoms with Crippen LogP contribution in [0.5, 0.6) is 11.5 Å². The van der Waals surface area contributed by atoms with Crippen LogP contribution in [0, 0.1) is 10.1 Å². The SMILES string of the molecule is O=C(C[N+]1(C2CCNCC2)CCCCC1)c1cc(O)c(O)c([N+](=O)[O-])c1. The van der Waals surface area contributed by atoms with E-state index in [9.17, 15) is 25.1 Å². The number of phenols is 2. The number of nitro benzene ring substituents is 1. The summed E-state index contributed by atoms with van der Waals surface area (Å²) in [5, 5.41) is 33.8. The Morgan fingerprint density at radius 3 is 2.46 bits per heavy atom. The molecule has 26 heavy (non-hydrogen) atoms. The maximum atomic E-state index is 13.0. The number of piperidine rings is 2. The normalized spacial score (nSPS) is 20.6. The number of quaternary nitrogens is 1. The molecular weight excluding hydrogens is 338 g/mol. The minimum atomic E-state index is -0.799. The highest BCUT2D eigenvalue weighted by Crippen LogP contribution is 2.37. The predicted molar refractivity (Wildman–Crippen MR) is 95.4 cm³/mol. The predicted octanol–water partition coefficient (Wildman–Crippen LogP) is 1.94. The van der Waals surface area contributed by atoms with Crippen molar-refractivity contribution in [1.29, 1.82) is 0 Å². The summed E-state index contributed by atoms with van der Waals surface area (Å²) in [4.78, 5) is 23.2. The average molecular weight is 364 g/mol. The molecule has 0 saturated carbocycles. The monoisotopic (exact) mass is 364 g/mol. The van der Waals surface area contributed by atoms with Crippen molar-refractivity contribution >= 4 is 11.5 Å². The fourth-order valence-electron chi connectivity index (χ4n) is 4.43. The Bertz CT molecular complexity index is 694. The third kappa shape index (κ3) is 3.66. The highest BCUT2D eigenvalue weighted by Gasteiger charge is 2.41. The van der Waals surface area contributed by atoms with Crippen LogP contribution in [0.2, 0.25) is 0 Å². The molecule has 0 atom stereocenters. The van der Waals surface area contributed by atoms with Gasteiger partial charge in [0.25, 0.3) is 0 Å². The van der Waals surface area contributed by atoms with Crippen LogP contribution in [0.4, 0.5) is 5.69 Å². The standard InChI is InChI=1S/C18H25N3O5/c22-16-11-13(10-15(18(16)24)20(25)26)17(23)12-21(8-2-1-3-9-21)14-4-6-19-7-5-14/h10-11,14,19H,1-9,12H2,(H-,22,23,24)/p+1. The lowest BCUT2D eigenvalue weighted by atomic mass is 9.95. The van der Waals surface area contributed by atoms with Gasteiger partial charge in [-0.1, -0.05) is 0 Å². The molecule has 2 saturated heterocycles. The number of rotatable bonds is 5. The van der Waals surface area contributed by atoms with Gasteiger partial charge in [-0.25, -0.2) is 0 Å². The maximum absolute atomic E-state index is 13.0. The van der Waals surface area contributed by atoms with Gasteiger partial charge in [0, 0.05) is 37.6 Å². The Kier molecular flexibility index (Phi) is 5.43. The highest BCUT2D eigenvalue weighted by atomic mass is 16.6. The molecule has 8 heteroatoms. The number of likely N-dealkylation sites (tertiary alicyclic amines) is 1. The first kappa shape index (κ1) is 18.6. The van der Waals surface area contributed by atoms with Crippen molar-refractivity contribution in [3.05, 3.63) is 27.8 Å². The number of nitro groups is 1. The molecule has 0 radical (unpaired) electrons. The fourth-order valence-corrected chi connectivity index (χ4v) is 4.43. The molecule has 0 unspecified atom stereocenters. The summed E-state index contributed by atoms with van der Waals surface area (Å²) in [6.07, 6.45) is 5.38. The van der Waals surface area contributed by atoms with Crippen molar-refractivity contribution in [2.75, 3.05) is 32.7 Å². The maximum Gasteiger partial charge on any atom is 0.315 e. The third-order valence-corrected chi connectivity index (χ3v) is 5.84. The van der Waals surface area contributed by atoms with Crippen molar-refractivity contribution in [2.45, 2.75) is 38.1 Å². The molecule has 0 bridgehead atoms. The number of carbonyl (C=O) groups is 1. The molecule has 1 aromatic carbocycles. The summed E-state index contributed by atoms with van der Waals surface area (Å²) in [5.74, 6) is -1.65. The van der Waals surface area contributed by atoms with Gasteiger partial charge in [-0.15, -0.1) is 0 Å². The van der Waals surface area contributed by atoms with Gasteiger partial charge < -0.3 is 20.0 Å². The summed E-state index contributed by atoms with van der Waals surface area (Å²) in [7, 11) is 0. The Morgan fingerprint density at radius 2 is 1.85 bits per heavy atom. The lowest BCUT2D eigenvalue weighted by molar-refractivity contribution is -0.948. The molecule has 3 rings (SSSR count). The van der Waals surface area contributed by atoms with E-state index in [0.717, 1.165) is 68.5 Å². The molecule has 2 heterocycles. The first-order valence-corrected chi connectivity index (χ1v) is 9.23. The molecule has 3 N–H and O–H groups in total. The van der Waals surface area contributed by atoms with E-state index in [4.69, 9.17) is 0 Å². The Hall–Kier alpha value is -2.19. The molecule has 0 amide bonds. The quantitative estimate of drug-likeness (QED) is 0.242. The fraction of sp³-hybridized carbons (Fsp3) is 0.611. The van der Waals surface area contributed by atoms with Crippen LogP contribution in [0.25, 0.3) is 0 Å². The second kappa shape index (κ2) is 7.59. The molecule has 0 aromatic heterocycles. The Balaban J connectivity index is 1.87.